The number of carbonyl (C=O) groups excluding carboxylic acids is 1. The van der Waals surface area contributed by atoms with Gasteiger partial charge in [0.1, 0.15) is 0 Å². The van der Waals surface area contributed by atoms with E-state index in [9.17, 15) is 4.79 Å². The predicted octanol–water partition coefficient (Wildman–Crippen LogP) is 4.06. The van der Waals surface area contributed by atoms with Crippen molar-refractivity contribution in [3.05, 3.63) is 56.8 Å². The van der Waals surface area contributed by atoms with Crippen molar-refractivity contribution in [2.24, 2.45) is 0 Å². The molecule has 1 aromatic heterocycles. The Balaban J connectivity index is 1.63. The van der Waals surface area contributed by atoms with Crippen LogP contribution in [0.25, 0.3) is 0 Å². The molecule has 2 aromatic rings. The molecule has 1 amide bonds. The SMILES string of the molecule is O=C(NCc1cccc(CBr)c1)c1cc2c(s1)CCC2. The van der Waals surface area contributed by atoms with Crippen molar-refractivity contribution < 1.29 is 4.79 Å². The van der Waals surface area contributed by atoms with Crippen LogP contribution in [0.5, 0.6) is 0 Å². The van der Waals surface area contributed by atoms with Crippen molar-refractivity contribution >= 4 is 33.2 Å². The number of hydrogen-bond donors (Lipinski definition) is 1. The van der Waals surface area contributed by atoms with Gasteiger partial charge >= 0.3 is 0 Å². The lowest BCUT2D eigenvalue weighted by atomic mass is 10.1. The van der Waals surface area contributed by atoms with Gasteiger partial charge in [-0.2, -0.15) is 0 Å². The molecule has 3 rings (SSSR count). The van der Waals surface area contributed by atoms with Crippen molar-refractivity contribution in [3.8, 4) is 0 Å². The zero-order valence-corrected chi connectivity index (χ0v) is 13.5. The van der Waals surface area contributed by atoms with Crippen LogP contribution in [0.1, 0.15) is 37.7 Å². The summed E-state index contributed by atoms with van der Waals surface area (Å²) in [4.78, 5) is 14.4. The molecule has 0 bridgehead atoms. The second-order valence-corrected chi connectivity index (χ2v) is 6.75. The number of aryl methyl sites for hydroxylation is 2. The summed E-state index contributed by atoms with van der Waals surface area (Å²) in [5, 5.41) is 3.85. The molecule has 1 aliphatic rings. The van der Waals surface area contributed by atoms with Gasteiger partial charge in [0.05, 0.1) is 4.88 Å². The Kier molecular flexibility index (Phi) is 4.22. The van der Waals surface area contributed by atoms with E-state index in [0.29, 0.717) is 6.54 Å². The lowest BCUT2D eigenvalue weighted by Gasteiger charge is -2.05. The summed E-state index contributed by atoms with van der Waals surface area (Å²) in [6.45, 7) is 0.586. The first kappa shape index (κ1) is 13.8. The Labute approximate surface area is 131 Å². The van der Waals surface area contributed by atoms with E-state index in [-0.39, 0.29) is 5.91 Å². The van der Waals surface area contributed by atoms with E-state index < -0.39 is 0 Å². The first-order chi connectivity index (χ1) is 9.76. The number of nitrogens with one attached hydrogen (secondary N) is 1. The van der Waals surface area contributed by atoms with Crippen molar-refractivity contribution in [1.82, 2.24) is 5.32 Å². The normalized spacial score (nSPS) is 13.2. The van der Waals surface area contributed by atoms with Gasteiger partial charge in [-0.05, 0) is 42.0 Å². The van der Waals surface area contributed by atoms with Gasteiger partial charge in [0.2, 0.25) is 0 Å². The van der Waals surface area contributed by atoms with E-state index >= 15 is 0 Å². The minimum atomic E-state index is 0.0497. The predicted molar refractivity (Wildman–Crippen MR) is 86.6 cm³/mol. The number of hydrogen-bond acceptors (Lipinski definition) is 2. The van der Waals surface area contributed by atoms with Crippen LogP contribution in [-0.2, 0) is 24.7 Å². The fraction of sp³-hybridized carbons (Fsp3) is 0.312. The van der Waals surface area contributed by atoms with E-state index in [1.807, 2.05) is 12.1 Å². The molecule has 4 heteroatoms. The van der Waals surface area contributed by atoms with Crippen molar-refractivity contribution in [2.45, 2.75) is 31.1 Å². The fourth-order valence-corrected chi connectivity index (χ4v) is 4.05. The number of alkyl halides is 1. The molecule has 1 heterocycles. The molecule has 0 aliphatic heterocycles. The van der Waals surface area contributed by atoms with E-state index in [2.05, 4.69) is 39.4 Å². The fourth-order valence-electron chi connectivity index (χ4n) is 2.53. The molecule has 1 N–H and O–H groups in total. The highest BCUT2D eigenvalue weighted by molar-refractivity contribution is 9.08. The summed E-state index contributed by atoms with van der Waals surface area (Å²) in [5.74, 6) is 0.0497. The molecule has 0 radical (unpaired) electrons. The first-order valence-corrected chi connectivity index (χ1v) is 8.73. The van der Waals surface area contributed by atoms with Gasteiger partial charge < -0.3 is 5.32 Å². The van der Waals surface area contributed by atoms with Gasteiger partial charge in [-0.25, -0.2) is 0 Å². The highest BCUT2D eigenvalue weighted by Crippen LogP contribution is 2.30. The van der Waals surface area contributed by atoms with Crippen LogP contribution in [-0.4, -0.2) is 5.91 Å². The number of amides is 1. The summed E-state index contributed by atoms with van der Waals surface area (Å²) in [7, 11) is 0. The summed E-state index contributed by atoms with van der Waals surface area (Å²) in [5.41, 5.74) is 3.74. The van der Waals surface area contributed by atoms with Crippen LogP contribution in [0, 0.1) is 0 Å². The molecule has 104 valence electrons. The molecule has 0 saturated carbocycles. The molecule has 0 saturated heterocycles. The maximum absolute atomic E-state index is 12.2. The van der Waals surface area contributed by atoms with Crippen molar-refractivity contribution in [2.75, 3.05) is 0 Å². The molecule has 2 nitrogen and oxygen atoms in total. The zero-order chi connectivity index (χ0) is 13.9. The lowest BCUT2D eigenvalue weighted by molar-refractivity contribution is 0.0955. The molecule has 0 fully saturated rings. The largest absolute Gasteiger partial charge is 0.347 e. The van der Waals surface area contributed by atoms with Crippen LogP contribution in [0.4, 0.5) is 0 Å². The van der Waals surface area contributed by atoms with E-state index in [1.54, 1.807) is 11.3 Å². The Morgan fingerprint density at radius 3 is 2.90 bits per heavy atom. The molecule has 0 spiro atoms. The van der Waals surface area contributed by atoms with Gasteiger partial charge in [0, 0.05) is 16.8 Å². The summed E-state index contributed by atoms with van der Waals surface area (Å²) in [6.07, 6.45) is 3.51. The molecule has 1 aliphatic carbocycles. The monoisotopic (exact) mass is 349 g/mol. The Morgan fingerprint density at radius 1 is 1.25 bits per heavy atom. The average Bonchev–Trinajstić information content (AvgIpc) is 3.06. The van der Waals surface area contributed by atoms with Crippen molar-refractivity contribution in [1.29, 1.82) is 0 Å². The second kappa shape index (κ2) is 6.10. The number of carbonyl (C=O) groups is 1. The average molecular weight is 350 g/mol. The number of rotatable bonds is 4. The highest BCUT2D eigenvalue weighted by atomic mass is 79.9. The van der Waals surface area contributed by atoms with E-state index in [1.165, 1.54) is 22.4 Å². The van der Waals surface area contributed by atoms with Crippen LogP contribution in [0.3, 0.4) is 0 Å². The van der Waals surface area contributed by atoms with Gasteiger partial charge in [0.15, 0.2) is 0 Å². The van der Waals surface area contributed by atoms with Gasteiger partial charge in [-0.15, -0.1) is 11.3 Å². The third-order valence-corrected chi connectivity index (χ3v) is 5.45. The number of halogens is 1. The molecule has 0 atom stereocenters. The smallest absolute Gasteiger partial charge is 0.261 e. The third kappa shape index (κ3) is 2.96. The molecular weight excluding hydrogens is 334 g/mol. The minimum absolute atomic E-state index is 0.0497. The lowest BCUT2D eigenvalue weighted by Crippen LogP contribution is -2.21. The molecule has 1 aromatic carbocycles. The van der Waals surface area contributed by atoms with Gasteiger partial charge in [0.25, 0.3) is 5.91 Å². The third-order valence-electron chi connectivity index (χ3n) is 3.57. The molecule has 0 unspecified atom stereocenters. The van der Waals surface area contributed by atoms with Crippen LogP contribution >= 0.6 is 27.3 Å². The minimum Gasteiger partial charge on any atom is -0.347 e. The quantitative estimate of drug-likeness (QED) is 0.828. The van der Waals surface area contributed by atoms with Crippen LogP contribution in [0.2, 0.25) is 0 Å². The summed E-state index contributed by atoms with van der Waals surface area (Å²) in [6, 6.07) is 10.3. The standard InChI is InChI=1S/C16H16BrNOS/c17-9-11-3-1-4-12(7-11)10-18-16(19)15-8-13-5-2-6-14(13)20-15/h1,3-4,7-8H,2,5-6,9-10H2,(H,18,19). The highest BCUT2D eigenvalue weighted by Gasteiger charge is 2.18. The van der Waals surface area contributed by atoms with E-state index in [0.717, 1.165) is 28.6 Å². The molecular formula is C16H16BrNOS. The second-order valence-electron chi connectivity index (χ2n) is 5.05. The van der Waals surface area contributed by atoms with Crippen LogP contribution in [0.15, 0.2) is 30.3 Å². The van der Waals surface area contributed by atoms with Crippen LogP contribution < -0.4 is 5.32 Å². The maximum Gasteiger partial charge on any atom is 0.261 e. The van der Waals surface area contributed by atoms with E-state index in [4.69, 9.17) is 0 Å². The summed E-state index contributed by atoms with van der Waals surface area (Å²) < 4.78 is 0. The number of benzene rings is 1. The van der Waals surface area contributed by atoms with Gasteiger partial charge in [-0.3, -0.25) is 4.79 Å². The molecule has 20 heavy (non-hydrogen) atoms. The Morgan fingerprint density at radius 2 is 2.10 bits per heavy atom. The number of thiophene rings is 1. The first-order valence-electron chi connectivity index (χ1n) is 6.80. The van der Waals surface area contributed by atoms with Gasteiger partial charge in [-0.1, -0.05) is 40.2 Å². The Bertz CT molecular complexity index is 614. The Hall–Kier alpha value is -1.13. The summed E-state index contributed by atoms with van der Waals surface area (Å²) >= 11 is 5.10. The topological polar surface area (TPSA) is 29.1 Å². The number of fused-ring (bicyclic) bond motifs is 1. The van der Waals surface area contributed by atoms with Crippen molar-refractivity contribution in [3.63, 3.8) is 0 Å². The maximum atomic E-state index is 12.2. The zero-order valence-electron chi connectivity index (χ0n) is 11.1.